The Bertz CT molecular complexity index is 1090. The fourth-order valence-electron chi connectivity index (χ4n) is 3.60. The molecule has 1 fully saturated rings. The Morgan fingerprint density at radius 3 is 2.07 bits per heavy atom. The van der Waals surface area contributed by atoms with Gasteiger partial charge in [0.05, 0.1) is 19.2 Å². The standard InChI is InChI=1S/C23H18N4O3/c24-15-27-13-20(14-27)30-23(16-4-2-1-3-5-16)19-11-17(21-6-8-28-25-21)10-18(12-19)22-7-9-29-26-22/h1-12,20,23H,13-14H2. The molecular weight excluding hydrogens is 380 g/mol. The van der Waals surface area contributed by atoms with Crippen molar-refractivity contribution >= 4 is 0 Å². The van der Waals surface area contributed by atoms with Crippen molar-refractivity contribution in [1.29, 1.82) is 5.26 Å². The zero-order valence-corrected chi connectivity index (χ0v) is 16.0. The van der Waals surface area contributed by atoms with Crippen LogP contribution in [0.1, 0.15) is 17.2 Å². The minimum absolute atomic E-state index is 0.0129. The maximum Gasteiger partial charge on any atom is 0.179 e. The quantitative estimate of drug-likeness (QED) is 0.448. The van der Waals surface area contributed by atoms with E-state index in [2.05, 4.69) is 28.6 Å². The van der Waals surface area contributed by atoms with Gasteiger partial charge in [-0.05, 0) is 29.3 Å². The molecule has 7 heteroatoms. The molecule has 0 aliphatic carbocycles. The van der Waals surface area contributed by atoms with Crippen molar-refractivity contribution in [3.05, 3.63) is 84.3 Å². The Labute approximate surface area is 173 Å². The molecule has 1 atom stereocenters. The summed E-state index contributed by atoms with van der Waals surface area (Å²) in [6.07, 6.45) is 4.94. The summed E-state index contributed by atoms with van der Waals surface area (Å²) in [6.45, 7) is 1.19. The van der Waals surface area contributed by atoms with Crippen LogP contribution < -0.4 is 0 Å². The van der Waals surface area contributed by atoms with Crippen molar-refractivity contribution in [2.75, 3.05) is 13.1 Å². The minimum atomic E-state index is -0.297. The Kier molecular flexibility index (Phi) is 4.75. The average molecular weight is 398 g/mol. The average Bonchev–Trinajstić information content (AvgIpc) is 3.48. The first-order valence-corrected chi connectivity index (χ1v) is 9.62. The highest BCUT2D eigenvalue weighted by atomic mass is 16.5. The first-order valence-electron chi connectivity index (χ1n) is 9.62. The number of ether oxygens (including phenoxy) is 1. The molecule has 1 aliphatic rings. The first kappa shape index (κ1) is 18.2. The number of hydrogen-bond acceptors (Lipinski definition) is 7. The normalized spacial score (nSPS) is 14.8. The molecule has 2 aromatic heterocycles. The first-order chi connectivity index (χ1) is 14.8. The number of nitrogens with zero attached hydrogens (tertiary/aromatic N) is 4. The van der Waals surface area contributed by atoms with Gasteiger partial charge >= 0.3 is 0 Å². The Morgan fingerprint density at radius 1 is 0.900 bits per heavy atom. The van der Waals surface area contributed by atoms with Gasteiger partial charge in [-0.25, -0.2) is 0 Å². The summed E-state index contributed by atoms with van der Waals surface area (Å²) >= 11 is 0. The molecule has 5 rings (SSSR count). The molecule has 148 valence electrons. The van der Waals surface area contributed by atoms with Crippen LogP contribution in [0.25, 0.3) is 22.5 Å². The molecule has 0 saturated carbocycles. The Hall–Kier alpha value is -3.89. The summed E-state index contributed by atoms with van der Waals surface area (Å²) in [4.78, 5) is 1.68. The lowest BCUT2D eigenvalue weighted by Crippen LogP contribution is -2.49. The van der Waals surface area contributed by atoms with Gasteiger partial charge in [-0.1, -0.05) is 40.6 Å². The molecule has 30 heavy (non-hydrogen) atoms. The van der Waals surface area contributed by atoms with E-state index in [-0.39, 0.29) is 12.2 Å². The highest BCUT2D eigenvalue weighted by Gasteiger charge is 2.31. The van der Waals surface area contributed by atoms with Crippen LogP contribution in [0.5, 0.6) is 0 Å². The lowest BCUT2D eigenvalue weighted by Gasteiger charge is -2.37. The molecule has 2 aromatic carbocycles. The van der Waals surface area contributed by atoms with E-state index in [0.29, 0.717) is 13.1 Å². The third-order valence-corrected chi connectivity index (χ3v) is 5.15. The summed E-state index contributed by atoms with van der Waals surface area (Å²) in [5.41, 5.74) is 5.26. The van der Waals surface area contributed by atoms with Crippen LogP contribution in [0.4, 0.5) is 0 Å². The van der Waals surface area contributed by atoms with Crippen molar-refractivity contribution in [2.45, 2.75) is 12.2 Å². The van der Waals surface area contributed by atoms with E-state index in [9.17, 15) is 0 Å². The second-order valence-corrected chi connectivity index (χ2v) is 7.17. The second-order valence-electron chi connectivity index (χ2n) is 7.17. The molecule has 1 unspecified atom stereocenters. The third kappa shape index (κ3) is 3.56. The Balaban J connectivity index is 1.58. The van der Waals surface area contributed by atoms with Crippen molar-refractivity contribution < 1.29 is 13.8 Å². The molecule has 0 bridgehead atoms. The minimum Gasteiger partial charge on any atom is -0.364 e. The lowest BCUT2D eigenvalue weighted by molar-refractivity contribution is -0.0615. The van der Waals surface area contributed by atoms with Crippen LogP contribution >= 0.6 is 0 Å². The van der Waals surface area contributed by atoms with Crippen molar-refractivity contribution in [3.63, 3.8) is 0 Å². The summed E-state index contributed by atoms with van der Waals surface area (Å²) in [5.74, 6) is 0. The van der Waals surface area contributed by atoms with E-state index in [1.54, 1.807) is 17.4 Å². The van der Waals surface area contributed by atoms with Crippen molar-refractivity contribution in [2.24, 2.45) is 0 Å². The predicted octanol–water partition coefficient (Wildman–Crippen LogP) is 4.27. The highest BCUT2D eigenvalue weighted by molar-refractivity contribution is 5.70. The molecule has 0 N–H and O–H groups in total. The van der Waals surface area contributed by atoms with Gasteiger partial charge in [0, 0.05) is 23.3 Å². The summed E-state index contributed by atoms with van der Waals surface area (Å²) in [5, 5.41) is 17.2. The maximum atomic E-state index is 9.04. The highest BCUT2D eigenvalue weighted by Crippen LogP contribution is 2.35. The Morgan fingerprint density at radius 2 is 1.53 bits per heavy atom. The van der Waals surface area contributed by atoms with Crippen LogP contribution in [0.2, 0.25) is 0 Å². The van der Waals surface area contributed by atoms with Gasteiger partial charge in [0.25, 0.3) is 0 Å². The van der Waals surface area contributed by atoms with Gasteiger partial charge in [-0.15, -0.1) is 0 Å². The van der Waals surface area contributed by atoms with Gasteiger partial charge in [0.2, 0.25) is 0 Å². The molecule has 1 aliphatic heterocycles. The summed E-state index contributed by atoms with van der Waals surface area (Å²) in [7, 11) is 0. The molecule has 3 heterocycles. The topological polar surface area (TPSA) is 88.3 Å². The van der Waals surface area contributed by atoms with Crippen molar-refractivity contribution in [1.82, 2.24) is 15.2 Å². The van der Waals surface area contributed by atoms with Gasteiger partial charge in [-0.3, -0.25) is 0 Å². The monoisotopic (exact) mass is 398 g/mol. The zero-order chi connectivity index (χ0) is 20.3. The molecule has 7 nitrogen and oxygen atoms in total. The maximum absolute atomic E-state index is 9.04. The SMILES string of the molecule is N#CN1CC(OC(c2ccccc2)c2cc(-c3ccon3)cc(-c3ccon3)c2)C1. The van der Waals surface area contributed by atoms with Gasteiger partial charge in [-0.2, -0.15) is 5.26 Å². The molecule has 0 amide bonds. The van der Waals surface area contributed by atoms with Gasteiger partial charge in [0.1, 0.15) is 30.0 Å². The molecule has 0 radical (unpaired) electrons. The van der Waals surface area contributed by atoms with E-state index in [1.807, 2.05) is 48.5 Å². The fourth-order valence-corrected chi connectivity index (χ4v) is 3.60. The largest absolute Gasteiger partial charge is 0.364 e. The van der Waals surface area contributed by atoms with E-state index < -0.39 is 0 Å². The van der Waals surface area contributed by atoms with E-state index in [0.717, 1.165) is 33.6 Å². The van der Waals surface area contributed by atoms with Crippen LogP contribution in [-0.2, 0) is 4.74 Å². The van der Waals surface area contributed by atoms with Crippen LogP contribution in [0.15, 0.2) is 82.2 Å². The van der Waals surface area contributed by atoms with Gasteiger partial charge in [0.15, 0.2) is 6.19 Å². The summed E-state index contributed by atoms with van der Waals surface area (Å²) < 4.78 is 16.6. The van der Waals surface area contributed by atoms with E-state index in [1.165, 1.54) is 0 Å². The van der Waals surface area contributed by atoms with Crippen molar-refractivity contribution in [3.8, 4) is 28.7 Å². The number of aromatic nitrogens is 2. The van der Waals surface area contributed by atoms with E-state index in [4.69, 9.17) is 19.0 Å². The van der Waals surface area contributed by atoms with Crippen LogP contribution in [0, 0.1) is 11.5 Å². The fraction of sp³-hybridized carbons (Fsp3) is 0.174. The summed E-state index contributed by atoms with van der Waals surface area (Å²) in [6, 6.07) is 19.8. The number of rotatable bonds is 6. The molecule has 4 aromatic rings. The third-order valence-electron chi connectivity index (χ3n) is 5.15. The van der Waals surface area contributed by atoms with Crippen LogP contribution in [-0.4, -0.2) is 34.4 Å². The molecular formula is C23H18N4O3. The number of benzene rings is 2. The van der Waals surface area contributed by atoms with Crippen LogP contribution in [0.3, 0.4) is 0 Å². The number of likely N-dealkylation sites (tertiary alicyclic amines) is 1. The smallest absolute Gasteiger partial charge is 0.179 e. The molecule has 0 spiro atoms. The lowest BCUT2D eigenvalue weighted by atomic mass is 9.94. The second kappa shape index (κ2) is 7.85. The van der Waals surface area contributed by atoms with Gasteiger partial charge < -0.3 is 18.7 Å². The number of nitriles is 1. The van der Waals surface area contributed by atoms with E-state index >= 15 is 0 Å². The predicted molar refractivity (Wildman–Crippen MR) is 108 cm³/mol. The molecule has 1 saturated heterocycles. The zero-order valence-electron chi connectivity index (χ0n) is 16.0. The number of hydrogen-bond donors (Lipinski definition) is 0.